The van der Waals surface area contributed by atoms with Gasteiger partial charge in [0.1, 0.15) is 22.4 Å². The molecule has 1 aromatic heterocycles. The normalized spacial score (nSPS) is 10.7. The van der Waals surface area contributed by atoms with Gasteiger partial charge in [0, 0.05) is 17.5 Å². The highest BCUT2D eigenvalue weighted by atomic mass is 35.5. The Bertz CT molecular complexity index is 719. The highest BCUT2D eigenvalue weighted by Gasteiger charge is 2.18. The third-order valence-corrected chi connectivity index (χ3v) is 3.55. The number of carbonyl (C=O) groups excluding carboxylic acids is 1. The molecule has 0 atom stereocenters. The first kappa shape index (κ1) is 14.7. The van der Waals surface area contributed by atoms with Crippen molar-refractivity contribution < 1.29 is 9.18 Å². The SMILES string of the molecule is CC(=O)c1nc(-c2ccc(Cl)c(C)c2F)nc(N)c1Cl. The van der Waals surface area contributed by atoms with Gasteiger partial charge in [0.25, 0.3) is 0 Å². The molecule has 104 valence electrons. The summed E-state index contributed by atoms with van der Waals surface area (Å²) in [5.74, 6) is -1.02. The number of hydrogen-bond donors (Lipinski definition) is 1. The van der Waals surface area contributed by atoms with Crippen molar-refractivity contribution in [2.24, 2.45) is 0 Å². The van der Waals surface area contributed by atoms with Crippen LogP contribution in [0.3, 0.4) is 0 Å². The maximum absolute atomic E-state index is 14.2. The minimum atomic E-state index is -0.561. The zero-order valence-electron chi connectivity index (χ0n) is 10.7. The fourth-order valence-electron chi connectivity index (χ4n) is 1.65. The molecule has 0 aliphatic rings. The summed E-state index contributed by atoms with van der Waals surface area (Å²) in [4.78, 5) is 19.4. The number of ketones is 1. The molecule has 20 heavy (non-hydrogen) atoms. The fourth-order valence-corrected chi connectivity index (χ4v) is 2.02. The van der Waals surface area contributed by atoms with E-state index in [1.807, 2.05) is 0 Å². The van der Waals surface area contributed by atoms with E-state index in [1.165, 1.54) is 26.0 Å². The van der Waals surface area contributed by atoms with Crippen LogP contribution >= 0.6 is 23.2 Å². The molecule has 1 aromatic carbocycles. The topological polar surface area (TPSA) is 68.9 Å². The first-order valence-electron chi connectivity index (χ1n) is 5.61. The van der Waals surface area contributed by atoms with E-state index in [0.29, 0.717) is 5.02 Å². The van der Waals surface area contributed by atoms with Crippen LogP contribution in [0, 0.1) is 12.7 Å². The molecule has 1 heterocycles. The first-order valence-corrected chi connectivity index (χ1v) is 6.37. The molecule has 4 nitrogen and oxygen atoms in total. The van der Waals surface area contributed by atoms with Crippen molar-refractivity contribution >= 4 is 34.8 Å². The van der Waals surface area contributed by atoms with E-state index in [1.54, 1.807) is 0 Å². The molecule has 0 fully saturated rings. The Balaban J connectivity index is 2.71. The quantitative estimate of drug-likeness (QED) is 0.859. The zero-order valence-corrected chi connectivity index (χ0v) is 12.2. The summed E-state index contributed by atoms with van der Waals surface area (Å²) in [6.07, 6.45) is 0. The number of Topliss-reactive ketones (excluding diaryl/α,β-unsaturated/α-hetero) is 1. The van der Waals surface area contributed by atoms with Gasteiger partial charge in [0.15, 0.2) is 11.6 Å². The fraction of sp³-hybridized carbons (Fsp3) is 0.154. The van der Waals surface area contributed by atoms with Gasteiger partial charge < -0.3 is 5.73 Å². The summed E-state index contributed by atoms with van der Waals surface area (Å²) in [5, 5.41) is 0.257. The predicted octanol–water partition coefficient (Wildman–Crippen LogP) is 3.68. The smallest absolute Gasteiger partial charge is 0.179 e. The van der Waals surface area contributed by atoms with Gasteiger partial charge in [0.05, 0.1) is 5.56 Å². The number of rotatable bonds is 2. The number of halogens is 3. The molecule has 0 aliphatic heterocycles. The summed E-state index contributed by atoms with van der Waals surface area (Å²) < 4.78 is 14.2. The lowest BCUT2D eigenvalue weighted by molar-refractivity contribution is 0.101. The Morgan fingerprint density at radius 1 is 1.30 bits per heavy atom. The van der Waals surface area contributed by atoms with Crippen molar-refractivity contribution in [3.05, 3.63) is 39.3 Å². The summed E-state index contributed by atoms with van der Waals surface area (Å²) in [6, 6.07) is 2.95. The molecule has 0 saturated heterocycles. The van der Waals surface area contributed by atoms with Gasteiger partial charge in [-0.15, -0.1) is 0 Å². The monoisotopic (exact) mass is 313 g/mol. The highest BCUT2D eigenvalue weighted by Crippen LogP contribution is 2.30. The highest BCUT2D eigenvalue weighted by molar-refractivity contribution is 6.35. The van der Waals surface area contributed by atoms with E-state index in [9.17, 15) is 9.18 Å². The standard InChI is InChI=1S/C13H10Cl2FN3O/c1-5-8(14)4-3-7(10(5)16)13-18-11(6(2)20)9(15)12(17)19-13/h3-4H,1-2H3,(H2,17,18,19). The number of nitrogens with zero attached hydrogens (tertiary/aromatic N) is 2. The second-order valence-corrected chi connectivity index (χ2v) is 4.97. The van der Waals surface area contributed by atoms with Gasteiger partial charge in [-0.1, -0.05) is 23.2 Å². The number of carbonyl (C=O) groups is 1. The van der Waals surface area contributed by atoms with Crippen molar-refractivity contribution in [3.8, 4) is 11.4 Å². The zero-order chi connectivity index (χ0) is 15.0. The Kier molecular flexibility index (Phi) is 3.92. The van der Waals surface area contributed by atoms with Crippen LogP contribution in [-0.4, -0.2) is 15.8 Å². The third kappa shape index (κ3) is 2.46. The van der Waals surface area contributed by atoms with E-state index < -0.39 is 5.82 Å². The summed E-state index contributed by atoms with van der Waals surface area (Å²) >= 11 is 11.7. The van der Waals surface area contributed by atoms with Gasteiger partial charge in [-0.2, -0.15) is 0 Å². The van der Waals surface area contributed by atoms with E-state index in [2.05, 4.69) is 9.97 Å². The lowest BCUT2D eigenvalue weighted by Gasteiger charge is -2.09. The van der Waals surface area contributed by atoms with E-state index >= 15 is 0 Å². The van der Waals surface area contributed by atoms with Crippen molar-refractivity contribution in [1.82, 2.24) is 9.97 Å². The van der Waals surface area contributed by atoms with E-state index in [-0.39, 0.29) is 39.3 Å². The van der Waals surface area contributed by atoms with Crippen LogP contribution < -0.4 is 5.73 Å². The molecule has 2 rings (SSSR count). The molecule has 0 saturated carbocycles. The lowest BCUT2D eigenvalue weighted by atomic mass is 10.1. The summed E-state index contributed by atoms with van der Waals surface area (Å²) in [5.41, 5.74) is 5.97. The second kappa shape index (κ2) is 5.34. The number of anilines is 1. The molecule has 0 unspecified atom stereocenters. The minimum Gasteiger partial charge on any atom is -0.382 e. The Labute approximate surface area is 124 Å². The number of benzene rings is 1. The largest absolute Gasteiger partial charge is 0.382 e. The molecule has 0 spiro atoms. The number of aromatic nitrogens is 2. The molecule has 0 amide bonds. The number of nitrogens with two attached hydrogens (primary N) is 1. The van der Waals surface area contributed by atoms with Gasteiger partial charge in [-0.3, -0.25) is 4.79 Å². The predicted molar refractivity (Wildman–Crippen MR) is 76.6 cm³/mol. The number of nitrogen functional groups attached to an aromatic ring is 1. The van der Waals surface area contributed by atoms with Crippen molar-refractivity contribution in [1.29, 1.82) is 0 Å². The number of hydrogen-bond acceptors (Lipinski definition) is 4. The van der Waals surface area contributed by atoms with Crippen LogP contribution in [0.15, 0.2) is 12.1 Å². The van der Waals surface area contributed by atoms with Crippen LogP contribution in [0.2, 0.25) is 10.0 Å². The van der Waals surface area contributed by atoms with Crippen LogP contribution in [0.1, 0.15) is 23.0 Å². The molecule has 0 aliphatic carbocycles. The van der Waals surface area contributed by atoms with Crippen molar-refractivity contribution in [2.45, 2.75) is 13.8 Å². The summed E-state index contributed by atoms with van der Waals surface area (Å²) in [6.45, 7) is 2.83. The van der Waals surface area contributed by atoms with Gasteiger partial charge in [-0.05, 0) is 19.1 Å². The molecular weight excluding hydrogens is 304 g/mol. The van der Waals surface area contributed by atoms with Gasteiger partial charge >= 0.3 is 0 Å². The van der Waals surface area contributed by atoms with Crippen LogP contribution in [0.5, 0.6) is 0 Å². The molecule has 2 aromatic rings. The third-order valence-electron chi connectivity index (χ3n) is 2.77. The van der Waals surface area contributed by atoms with E-state index in [4.69, 9.17) is 28.9 Å². The molecule has 7 heteroatoms. The van der Waals surface area contributed by atoms with Crippen LogP contribution in [0.4, 0.5) is 10.2 Å². The summed E-state index contributed by atoms with van der Waals surface area (Å²) in [7, 11) is 0. The van der Waals surface area contributed by atoms with Crippen molar-refractivity contribution in [3.63, 3.8) is 0 Å². The molecule has 2 N–H and O–H groups in total. The molecule has 0 radical (unpaired) electrons. The maximum atomic E-state index is 14.2. The minimum absolute atomic E-state index is 0.00522. The average Bonchev–Trinajstić information content (AvgIpc) is 2.39. The van der Waals surface area contributed by atoms with Crippen LogP contribution in [-0.2, 0) is 0 Å². The molecule has 0 bridgehead atoms. The van der Waals surface area contributed by atoms with E-state index in [0.717, 1.165) is 0 Å². The second-order valence-electron chi connectivity index (χ2n) is 4.19. The van der Waals surface area contributed by atoms with Crippen LogP contribution in [0.25, 0.3) is 11.4 Å². The average molecular weight is 314 g/mol. The Morgan fingerprint density at radius 3 is 2.55 bits per heavy atom. The molecular formula is C13H10Cl2FN3O. The maximum Gasteiger partial charge on any atom is 0.179 e. The van der Waals surface area contributed by atoms with Crippen molar-refractivity contribution in [2.75, 3.05) is 5.73 Å². The van der Waals surface area contributed by atoms with Gasteiger partial charge in [-0.25, -0.2) is 14.4 Å². The Hall–Kier alpha value is -1.72. The first-order chi connectivity index (χ1) is 9.32. The van der Waals surface area contributed by atoms with Gasteiger partial charge in [0.2, 0.25) is 0 Å². The lowest BCUT2D eigenvalue weighted by Crippen LogP contribution is -2.07. The Morgan fingerprint density at radius 2 is 1.95 bits per heavy atom.